The van der Waals surface area contributed by atoms with Gasteiger partial charge >= 0.3 is 0 Å². The number of carbonyl (C=O) groups excluding carboxylic acids is 1. The van der Waals surface area contributed by atoms with Gasteiger partial charge < -0.3 is 0 Å². The predicted octanol–water partition coefficient (Wildman–Crippen LogP) is 4.39. The zero-order valence-corrected chi connectivity index (χ0v) is 14.1. The highest BCUT2D eigenvalue weighted by Crippen LogP contribution is 2.29. The average molecular weight is 313 g/mol. The van der Waals surface area contributed by atoms with Crippen molar-refractivity contribution in [3.8, 4) is 11.3 Å². The van der Waals surface area contributed by atoms with Crippen molar-refractivity contribution in [2.75, 3.05) is 0 Å². The molecule has 114 valence electrons. The third-order valence-electron chi connectivity index (χ3n) is 3.75. The monoisotopic (exact) mass is 313 g/mol. The van der Waals surface area contributed by atoms with E-state index in [2.05, 4.69) is 25.0 Å². The Morgan fingerprint density at radius 2 is 2.09 bits per heavy atom. The first-order chi connectivity index (χ1) is 10.5. The van der Waals surface area contributed by atoms with Crippen molar-refractivity contribution in [3.63, 3.8) is 0 Å². The van der Waals surface area contributed by atoms with Crippen molar-refractivity contribution < 1.29 is 4.79 Å². The van der Waals surface area contributed by atoms with Gasteiger partial charge in [0.25, 0.3) is 0 Å². The number of fused-ring (bicyclic) bond motifs is 1. The molecule has 0 saturated carbocycles. The molecule has 0 aliphatic carbocycles. The quantitative estimate of drug-likeness (QED) is 0.671. The van der Waals surface area contributed by atoms with Gasteiger partial charge in [0.15, 0.2) is 11.4 Å². The van der Waals surface area contributed by atoms with Crippen LogP contribution in [0, 0.1) is 13.8 Å². The van der Waals surface area contributed by atoms with E-state index in [0.717, 1.165) is 45.8 Å². The number of ketones is 1. The standard InChI is InChI=1S/C17H19N3OS/c1-5-6-20-17-16(11(3)19-20)10(2)7-14(18-17)13-8-15(12(4)21)22-9-13/h7-9H,5-6H2,1-4H3. The van der Waals surface area contributed by atoms with Gasteiger partial charge in [0, 0.05) is 22.9 Å². The molecule has 3 aromatic heterocycles. The Balaban J connectivity index is 2.18. The summed E-state index contributed by atoms with van der Waals surface area (Å²) in [6, 6.07) is 4.01. The number of rotatable bonds is 4. The summed E-state index contributed by atoms with van der Waals surface area (Å²) in [5, 5.41) is 7.75. The van der Waals surface area contributed by atoms with Gasteiger partial charge in [0.1, 0.15) is 0 Å². The number of carbonyl (C=O) groups is 1. The maximum absolute atomic E-state index is 11.5. The van der Waals surface area contributed by atoms with E-state index >= 15 is 0 Å². The normalized spacial score (nSPS) is 11.3. The summed E-state index contributed by atoms with van der Waals surface area (Å²) < 4.78 is 1.99. The van der Waals surface area contributed by atoms with Crippen molar-refractivity contribution >= 4 is 28.2 Å². The van der Waals surface area contributed by atoms with Crippen LogP contribution >= 0.6 is 11.3 Å². The lowest BCUT2D eigenvalue weighted by Crippen LogP contribution is -2.00. The molecule has 3 rings (SSSR count). The number of nitrogens with zero attached hydrogens (tertiary/aromatic N) is 3. The molecular formula is C17H19N3OS. The highest BCUT2D eigenvalue weighted by molar-refractivity contribution is 7.12. The van der Waals surface area contributed by atoms with Crippen LogP contribution in [0.1, 0.15) is 41.2 Å². The van der Waals surface area contributed by atoms with E-state index in [1.807, 2.05) is 23.1 Å². The second-order valence-electron chi connectivity index (χ2n) is 5.59. The van der Waals surface area contributed by atoms with Crippen molar-refractivity contribution in [2.24, 2.45) is 0 Å². The molecule has 22 heavy (non-hydrogen) atoms. The zero-order chi connectivity index (χ0) is 15.9. The molecule has 4 nitrogen and oxygen atoms in total. The lowest BCUT2D eigenvalue weighted by Gasteiger charge is -2.04. The number of thiophene rings is 1. The summed E-state index contributed by atoms with van der Waals surface area (Å²) in [5.41, 5.74) is 5.04. The lowest BCUT2D eigenvalue weighted by molar-refractivity contribution is 0.102. The van der Waals surface area contributed by atoms with Crippen LogP contribution in [0.25, 0.3) is 22.3 Å². The van der Waals surface area contributed by atoms with Gasteiger partial charge in [-0.15, -0.1) is 11.3 Å². The van der Waals surface area contributed by atoms with Crippen LogP contribution in [0.2, 0.25) is 0 Å². The lowest BCUT2D eigenvalue weighted by atomic mass is 10.1. The Morgan fingerprint density at radius 1 is 1.32 bits per heavy atom. The first kappa shape index (κ1) is 14.9. The van der Waals surface area contributed by atoms with E-state index < -0.39 is 0 Å². The molecule has 5 heteroatoms. The van der Waals surface area contributed by atoms with Crippen molar-refractivity contribution in [1.82, 2.24) is 14.8 Å². The summed E-state index contributed by atoms with van der Waals surface area (Å²) >= 11 is 1.47. The third kappa shape index (κ3) is 2.46. The van der Waals surface area contributed by atoms with E-state index in [4.69, 9.17) is 4.98 Å². The molecule has 0 atom stereocenters. The van der Waals surface area contributed by atoms with E-state index in [-0.39, 0.29) is 5.78 Å². The molecule has 3 heterocycles. The average Bonchev–Trinajstić information content (AvgIpc) is 3.05. The second-order valence-corrected chi connectivity index (χ2v) is 6.50. The Morgan fingerprint density at radius 3 is 2.73 bits per heavy atom. The fourth-order valence-corrected chi connectivity index (χ4v) is 3.54. The molecule has 0 radical (unpaired) electrons. The fourth-order valence-electron chi connectivity index (χ4n) is 2.74. The molecule has 0 spiro atoms. The van der Waals surface area contributed by atoms with Crippen LogP contribution in [-0.2, 0) is 6.54 Å². The van der Waals surface area contributed by atoms with Gasteiger partial charge in [-0.25, -0.2) is 9.67 Å². The van der Waals surface area contributed by atoms with E-state index in [1.165, 1.54) is 16.9 Å². The SMILES string of the molecule is CCCn1nc(C)c2c(C)cc(-c3csc(C(C)=O)c3)nc21. The number of aromatic nitrogens is 3. The molecule has 0 unspecified atom stereocenters. The van der Waals surface area contributed by atoms with Gasteiger partial charge in [-0.3, -0.25) is 4.79 Å². The smallest absolute Gasteiger partial charge is 0.169 e. The zero-order valence-electron chi connectivity index (χ0n) is 13.3. The van der Waals surface area contributed by atoms with E-state index in [9.17, 15) is 4.79 Å². The van der Waals surface area contributed by atoms with Gasteiger partial charge in [-0.2, -0.15) is 5.10 Å². The summed E-state index contributed by atoms with van der Waals surface area (Å²) in [4.78, 5) is 17.1. The van der Waals surface area contributed by atoms with Crippen LogP contribution in [0.5, 0.6) is 0 Å². The molecule has 0 amide bonds. The number of Topliss-reactive ketones (excluding diaryl/α,β-unsaturated/α-hetero) is 1. The fraction of sp³-hybridized carbons (Fsp3) is 0.353. The third-order valence-corrected chi connectivity index (χ3v) is 4.78. The highest BCUT2D eigenvalue weighted by atomic mass is 32.1. The van der Waals surface area contributed by atoms with Gasteiger partial charge in [-0.05, 0) is 44.9 Å². The Kier molecular flexibility index (Phi) is 3.83. The van der Waals surface area contributed by atoms with Crippen LogP contribution < -0.4 is 0 Å². The molecule has 0 aliphatic heterocycles. The highest BCUT2D eigenvalue weighted by Gasteiger charge is 2.14. The van der Waals surface area contributed by atoms with Crippen molar-refractivity contribution in [1.29, 1.82) is 0 Å². The minimum atomic E-state index is 0.0981. The number of pyridine rings is 1. The summed E-state index contributed by atoms with van der Waals surface area (Å²) in [6.07, 6.45) is 1.02. The molecular weight excluding hydrogens is 294 g/mol. The maximum atomic E-state index is 11.5. The Bertz CT molecular complexity index is 860. The Hall–Kier alpha value is -2.01. The number of hydrogen-bond donors (Lipinski definition) is 0. The molecule has 3 aromatic rings. The minimum Gasteiger partial charge on any atom is -0.294 e. The topological polar surface area (TPSA) is 47.8 Å². The number of aryl methyl sites for hydroxylation is 3. The van der Waals surface area contributed by atoms with Crippen LogP contribution in [0.4, 0.5) is 0 Å². The first-order valence-corrected chi connectivity index (χ1v) is 8.33. The molecule has 0 N–H and O–H groups in total. The van der Waals surface area contributed by atoms with E-state index in [1.54, 1.807) is 6.92 Å². The molecule has 0 fully saturated rings. The summed E-state index contributed by atoms with van der Waals surface area (Å²) in [5.74, 6) is 0.0981. The molecule has 0 aliphatic rings. The molecule has 0 saturated heterocycles. The number of hydrogen-bond acceptors (Lipinski definition) is 4. The van der Waals surface area contributed by atoms with Crippen molar-refractivity contribution in [3.05, 3.63) is 33.6 Å². The van der Waals surface area contributed by atoms with Crippen LogP contribution in [0.15, 0.2) is 17.5 Å². The molecule has 0 bridgehead atoms. The Labute approximate surface area is 133 Å². The minimum absolute atomic E-state index is 0.0981. The van der Waals surface area contributed by atoms with E-state index in [0.29, 0.717) is 0 Å². The molecule has 0 aromatic carbocycles. The van der Waals surface area contributed by atoms with Crippen molar-refractivity contribution in [2.45, 2.75) is 40.7 Å². The second kappa shape index (κ2) is 5.65. The largest absolute Gasteiger partial charge is 0.294 e. The summed E-state index contributed by atoms with van der Waals surface area (Å²) in [6.45, 7) is 8.72. The van der Waals surface area contributed by atoms with Gasteiger partial charge in [0.2, 0.25) is 0 Å². The van der Waals surface area contributed by atoms with Crippen LogP contribution in [-0.4, -0.2) is 20.5 Å². The maximum Gasteiger partial charge on any atom is 0.169 e. The van der Waals surface area contributed by atoms with Crippen LogP contribution in [0.3, 0.4) is 0 Å². The first-order valence-electron chi connectivity index (χ1n) is 7.46. The van der Waals surface area contributed by atoms with Gasteiger partial charge in [-0.1, -0.05) is 6.92 Å². The summed E-state index contributed by atoms with van der Waals surface area (Å²) in [7, 11) is 0. The predicted molar refractivity (Wildman–Crippen MR) is 90.6 cm³/mol. The van der Waals surface area contributed by atoms with Gasteiger partial charge in [0.05, 0.1) is 16.3 Å².